The Labute approximate surface area is 114 Å². The third-order valence-corrected chi connectivity index (χ3v) is 4.10. The molecule has 1 saturated heterocycles. The van der Waals surface area contributed by atoms with E-state index in [1.807, 2.05) is 0 Å². The van der Waals surface area contributed by atoms with Crippen molar-refractivity contribution >= 4 is 11.8 Å². The minimum absolute atomic E-state index is 0.220. The summed E-state index contributed by atoms with van der Waals surface area (Å²) < 4.78 is 37.6. The van der Waals surface area contributed by atoms with Crippen LogP contribution < -0.4 is 0 Å². The number of thioether (sulfide) groups is 1. The van der Waals surface area contributed by atoms with Gasteiger partial charge < -0.3 is 10.0 Å². The van der Waals surface area contributed by atoms with Crippen LogP contribution in [0.1, 0.15) is 5.56 Å². The SMILES string of the molecule is OCC1CN(CCSc2cccc(C(F)(F)F)c2)C1. The van der Waals surface area contributed by atoms with Crippen LogP contribution in [0.4, 0.5) is 13.2 Å². The van der Waals surface area contributed by atoms with E-state index < -0.39 is 11.7 Å². The van der Waals surface area contributed by atoms with Crippen LogP contribution in [0.15, 0.2) is 29.2 Å². The number of benzene rings is 1. The maximum absolute atomic E-state index is 12.5. The molecule has 19 heavy (non-hydrogen) atoms. The first-order valence-electron chi connectivity index (χ1n) is 6.12. The number of aliphatic hydroxyl groups is 1. The molecule has 0 atom stereocenters. The van der Waals surface area contributed by atoms with Crippen LogP contribution in [0.5, 0.6) is 0 Å². The van der Waals surface area contributed by atoms with Gasteiger partial charge in [0.1, 0.15) is 0 Å². The van der Waals surface area contributed by atoms with E-state index in [9.17, 15) is 13.2 Å². The van der Waals surface area contributed by atoms with Crippen molar-refractivity contribution in [2.24, 2.45) is 5.92 Å². The molecule has 0 amide bonds. The standard InChI is InChI=1S/C13H16F3NOS/c14-13(15,16)11-2-1-3-12(6-11)19-5-4-17-7-10(8-17)9-18/h1-3,6,10,18H,4-5,7-9H2. The molecule has 1 N–H and O–H groups in total. The molecule has 1 aromatic carbocycles. The maximum atomic E-state index is 12.5. The summed E-state index contributed by atoms with van der Waals surface area (Å²) in [4.78, 5) is 2.84. The number of rotatable bonds is 5. The molecule has 1 aliphatic rings. The Morgan fingerprint density at radius 2 is 2.05 bits per heavy atom. The number of hydrogen-bond acceptors (Lipinski definition) is 3. The second kappa shape index (κ2) is 6.15. The van der Waals surface area contributed by atoms with Gasteiger partial charge in [0.2, 0.25) is 0 Å². The lowest BCUT2D eigenvalue weighted by molar-refractivity contribution is -0.137. The van der Waals surface area contributed by atoms with Gasteiger partial charge in [-0.05, 0) is 18.2 Å². The molecule has 0 bridgehead atoms. The average molecular weight is 291 g/mol. The number of alkyl halides is 3. The quantitative estimate of drug-likeness (QED) is 0.844. The lowest BCUT2D eigenvalue weighted by atomic mass is 10.0. The largest absolute Gasteiger partial charge is 0.416 e. The van der Waals surface area contributed by atoms with Crippen LogP contribution in [0.3, 0.4) is 0 Å². The van der Waals surface area contributed by atoms with Crippen LogP contribution in [-0.4, -0.2) is 42.0 Å². The summed E-state index contributed by atoms with van der Waals surface area (Å²) in [5, 5.41) is 8.88. The van der Waals surface area contributed by atoms with Crippen LogP contribution in [0, 0.1) is 5.92 Å². The Kier molecular flexibility index (Phi) is 4.76. The van der Waals surface area contributed by atoms with Gasteiger partial charge in [0.25, 0.3) is 0 Å². The molecule has 106 valence electrons. The van der Waals surface area contributed by atoms with Crippen LogP contribution >= 0.6 is 11.8 Å². The van der Waals surface area contributed by atoms with Gasteiger partial charge in [0.05, 0.1) is 5.56 Å². The highest BCUT2D eigenvalue weighted by Crippen LogP contribution is 2.32. The molecule has 0 unspecified atom stereocenters. The zero-order valence-electron chi connectivity index (χ0n) is 10.4. The van der Waals surface area contributed by atoms with Crippen molar-refractivity contribution in [3.63, 3.8) is 0 Å². The topological polar surface area (TPSA) is 23.5 Å². The van der Waals surface area contributed by atoms with Crippen LogP contribution in [0.2, 0.25) is 0 Å². The second-order valence-corrected chi connectivity index (χ2v) is 5.85. The van der Waals surface area contributed by atoms with Crippen molar-refractivity contribution in [3.8, 4) is 0 Å². The highest BCUT2D eigenvalue weighted by atomic mass is 32.2. The minimum Gasteiger partial charge on any atom is -0.396 e. The third kappa shape index (κ3) is 4.12. The van der Waals surface area contributed by atoms with E-state index in [1.54, 1.807) is 6.07 Å². The van der Waals surface area contributed by atoms with E-state index in [-0.39, 0.29) is 6.61 Å². The molecule has 1 fully saturated rings. The first-order chi connectivity index (χ1) is 8.99. The zero-order chi connectivity index (χ0) is 13.9. The fourth-order valence-electron chi connectivity index (χ4n) is 2.03. The Morgan fingerprint density at radius 3 is 2.68 bits per heavy atom. The van der Waals surface area contributed by atoms with Crippen molar-refractivity contribution < 1.29 is 18.3 Å². The van der Waals surface area contributed by atoms with Crippen molar-refractivity contribution in [1.29, 1.82) is 0 Å². The Hall–Kier alpha value is -0.720. The van der Waals surface area contributed by atoms with E-state index in [0.29, 0.717) is 10.8 Å². The molecule has 2 nitrogen and oxygen atoms in total. The number of aliphatic hydroxyl groups excluding tert-OH is 1. The molecule has 0 spiro atoms. The van der Waals surface area contributed by atoms with Crippen molar-refractivity contribution in [1.82, 2.24) is 4.90 Å². The highest BCUT2D eigenvalue weighted by Gasteiger charge is 2.30. The first kappa shape index (κ1) is 14.7. The lowest BCUT2D eigenvalue weighted by Gasteiger charge is -2.38. The molecular weight excluding hydrogens is 275 g/mol. The summed E-state index contributed by atoms with van der Waals surface area (Å²) in [5.74, 6) is 1.14. The zero-order valence-corrected chi connectivity index (χ0v) is 11.2. The second-order valence-electron chi connectivity index (χ2n) is 4.68. The van der Waals surface area contributed by atoms with Gasteiger partial charge in [0.15, 0.2) is 0 Å². The molecule has 1 heterocycles. The fourth-order valence-corrected chi connectivity index (χ4v) is 3.00. The van der Waals surface area contributed by atoms with Gasteiger partial charge >= 0.3 is 6.18 Å². The summed E-state index contributed by atoms with van der Waals surface area (Å²) in [5.41, 5.74) is -0.596. The number of nitrogens with zero attached hydrogens (tertiary/aromatic N) is 1. The summed E-state index contributed by atoms with van der Waals surface area (Å²) in [6.45, 7) is 2.84. The van der Waals surface area contributed by atoms with Gasteiger partial charge in [-0.3, -0.25) is 0 Å². The van der Waals surface area contributed by atoms with Gasteiger partial charge in [0, 0.05) is 42.8 Å². The monoisotopic (exact) mass is 291 g/mol. The summed E-state index contributed by atoms with van der Waals surface area (Å²) in [6, 6.07) is 5.42. The fraction of sp³-hybridized carbons (Fsp3) is 0.538. The smallest absolute Gasteiger partial charge is 0.396 e. The summed E-state index contributed by atoms with van der Waals surface area (Å²) >= 11 is 1.43. The lowest BCUT2D eigenvalue weighted by Crippen LogP contribution is -2.48. The van der Waals surface area contributed by atoms with E-state index in [2.05, 4.69) is 4.90 Å². The first-order valence-corrected chi connectivity index (χ1v) is 7.11. The number of hydrogen-bond donors (Lipinski definition) is 1. The summed E-state index contributed by atoms with van der Waals surface area (Å²) in [6.07, 6.45) is -4.28. The predicted octanol–water partition coefficient (Wildman–Crippen LogP) is 2.72. The molecule has 0 saturated carbocycles. The molecule has 0 radical (unpaired) electrons. The Morgan fingerprint density at radius 1 is 1.32 bits per heavy atom. The van der Waals surface area contributed by atoms with E-state index in [4.69, 9.17) is 5.11 Å². The van der Waals surface area contributed by atoms with E-state index >= 15 is 0 Å². The normalized spacial score (nSPS) is 17.5. The van der Waals surface area contributed by atoms with Crippen molar-refractivity contribution in [2.75, 3.05) is 32.0 Å². The average Bonchev–Trinajstić information content (AvgIpc) is 2.31. The third-order valence-electron chi connectivity index (χ3n) is 3.13. The molecule has 1 aromatic rings. The van der Waals surface area contributed by atoms with Gasteiger partial charge in [-0.2, -0.15) is 13.2 Å². The van der Waals surface area contributed by atoms with Gasteiger partial charge in [-0.25, -0.2) is 0 Å². The van der Waals surface area contributed by atoms with Crippen LogP contribution in [0.25, 0.3) is 0 Å². The summed E-state index contributed by atoms with van der Waals surface area (Å²) in [7, 11) is 0. The molecule has 2 rings (SSSR count). The molecular formula is C13H16F3NOS. The van der Waals surface area contributed by atoms with Crippen molar-refractivity contribution in [3.05, 3.63) is 29.8 Å². The Bertz CT molecular complexity index is 419. The highest BCUT2D eigenvalue weighted by molar-refractivity contribution is 7.99. The molecule has 1 aliphatic heterocycles. The van der Waals surface area contributed by atoms with E-state index in [0.717, 1.165) is 31.5 Å². The number of halogens is 3. The minimum atomic E-state index is -4.28. The maximum Gasteiger partial charge on any atom is 0.416 e. The van der Waals surface area contributed by atoms with E-state index in [1.165, 1.54) is 23.9 Å². The predicted molar refractivity (Wildman–Crippen MR) is 69.2 cm³/mol. The molecule has 0 aromatic heterocycles. The Balaban J connectivity index is 1.77. The van der Waals surface area contributed by atoms with Gasteiger partial charge in [-0.1, -0.05) is 6.07 Å². The molecule has 0 aliphatic carbocycles. The van der Waals surface area contributed by atoms with Crippen molar-refractivity contribution in [2.45, 2.75) is 11.1 Å². The molecule has 6 heteroatoms. The number of likely N-dealkylation sites (tertiary alicyclic amines) is 1. The van der Waals surface area contributed by atoms with Gasteiger partial charge in [-0.15, -0.1) is 11.8 Å². The van der Waals surface area contributed by atoms with Crippen LogP contribution in [-0.2, 0) is 6.18 Å².